The fourth-order valence-corrected chi connectivity index (χ4v) is 2.49. The van der Waals surface area contributed by atoms with Gasteiger partial charge >= 0.3 is 6.18 Å². The quantitative estimate of drug-likeness (QED) is 0.840. The lowest BCUT2D eigenvalue weighted by Crippen LogP contribution is -2.18. The maximum Gasteiger partial charge on any atom is 0.433 e. The van der Waals surface area contributed by atoms with E-state index in [4.69, 9.17) is 9.47 Å². The Hall–Kier alpha value is -3.10. The van der Waals surface area contributed by atoms with Gasteiger partial charge in [0.25, 0.3) is 5.91 Å². The molecule has 0 fully saturated rings. The standard InChI is InChI=1S/C17H13F3N2O4/c1-8-10(3-4-15(21-8)17(18,19)20)16(24)22-12-6-14-13(25-7-26-14)5-11(12)9(2)23/h3-6H,7H2,1-2H3,(H,22,24). The van der Waals surface area contributed by atoms with Crippen molar-refractivity contribution < 1.29 is 32.2 Å². The molecule has 0 aliphatic carbocycles. The highest BCUT2D eigenvalue weighted by molar-refractivity contribution is 6.09. The second-order valence-corrected chi connectivity index (χ2v) is 5.59. The summed E-state index contributed by atoms with van der Waals surface area (Å²) >= 11 is 0. The van der Waals surface area contributed by atoms with Gasteiger partial charge in [0, 0.05) is 11.6 Å². The lowest BCUT2D eigenvalue weighted by Gasteiger charge is -2.13. The number of ketones is 1. The van der Waals surface area contributed by atoms with Crippen molar-refractivity contribution in [2.45, 2.75) is 20.0 Å². The number of nitrogens with zero attached hydrogens (tertiary/aromatic N) is 1. The van der Waals surface area contributed by atoms with Crippen LogP contribution in [-0.4, -0.2) is 23.5 Å². The summed E-state index contributed by atoms with van der Waals surface area (Å²) in [5, 5.41) is 2.52. The maximum absolute atomic E-state index is 12.7. The van der Waals surface area contributed by atoms with Crippen LogP contribution in [0.25, 0.3) is 0 Å². The number of anilines is 1. The number of rotatable bonds is 3. The number of hydrogen-bond acceptors (Lipinski definition) is 5. The monoisotopic (exact) mass is 366 g/mol. The summed E-state index contributed by atoms with van der Waals surface area (Å²) in [5.74, 6) is -0.279. The number of Topliss-reactive ketones (excluding diaryl/α,β-unsaturated/α-hetero) is 1. The number of hydrogen-bond donors (Lipinski definition) is 1. The van der Waals surface area contributed by atoms with Gasteiger partial charge in [-0.05, 0) is 32.0 Å². The van der Waals surface area contributed by atoms with Crippen LogP contribution in [0.5, 0.6) is 11.5 Å². The Bertz CT molecular complexity index is 910. The summed E-state index contributed by atoms with van der Waals surface area (Å²) in [4.78, 5) is 27.7. The van der Waals surface area contributed by atoms with Crippen molar-refractivity contribution in [2.75, 3.05) is 12.1 Å². The zero-order valence-electron chi connectivity index (χ0n) is 13.7. The predicted octanol–water partition coefficient (Wildman–Crippen LogP) is 3.59. The molecule has 2 heterocycles. The predicted molar refractivity (Wildman–Crippen MR) is 84.5 cm³/mol. The Balaban J connectivity index is 1.92. The highest BCUT2D eigenvalue weighted by atomic mass is 19.4. The third-order valence-electron chi connectivity index (χ3n) is 3.76. The fraction of sp³-hybridized carbons (Fsp3) is 0.235. The molecule has 0 bridgehead atoms. The van der Waals surface area contributed by atoms with Crippen molar-refractivity contribution in [3.05, 3.63) is 46.8 Å². The van der Waals surface area contributed by atoms with E-state index < -0.39 is 17.8 Å². The summed E-state index contributed by atoms with van der Waals surface area (Å²) in [7, 11) is 0. The fourth-order valence-electron chi connectivity index (χ4n) is 2.49. The Morgan fingerprint density at radius 1 is 1.12 bits per heavy atom. The van der Waals surface area contributed by atoms with Gasteiger partial charge in [0.05, 0.1) is 16.9 Å². The molecule has 1 N–H and O–H groups in total. The van der Waals surface area contributed by atoms with Gasteiger partial charge in [0.2, 0.25) is 6.79 Å². The van der Waals surface area contributed by atoms with Crippen molar-refractivity contribution in [2.24, 2.45) is 0 Å². The number of nitrogens with one attached hydrogen (secondary N) is 1. The average molecular weight is 366 g/mol. The van der Waals surface area contributed by atoms with Gasteiger partial charge in [0.15, 0.2) is 17.3 Å². The first-order valence-electron chi connectivity index (χ1n) is 7.47. The van der Waals surface area contributed by atoms with Gasteiger partial charge in [-0.3, -0.25) is 9.59 Å². The zero-order chi connectivity index (χ0) is 19.1. The van der Waals surface area contributed by atoms with Gasteiger partial charge < -0.3 is 14.8 Å². The molecule has 3 rings (SSSR count). The number of amides is 1. The van der Waals surface area contributed by atoms with Crippen molar-refractivity contribution in [1.82, 2.24) is 4.98 Å². The molecule has 0 unspecified atom stereocenters. The minimum atomic E-state index is -4.60. The van der Waals surface area contributed by atoms with Crippen LogP contribution in [-0.2, 0) is 6.18 Å². The normalized spacial score (nSPS) is 12.8. The molecular formula is C17H13F3N2O4. The minimum absolute atomic E-state index is 0.00793. The second kappa shape index (κ2) is 6.32. The third-order valence-corrected chi connectivity index (χ3v) is 3.76. The van der Waals surface area contributed by atoms with Gasteiger partial charge in [-0.15, -0.1) is 0 Å². The molecule has 0 saturated heterocycles. The van der Waals surface area contributed by atoms with Crippen LogP contribution in [0, 0.1) is 6.92 Å². The van der Waals surface area contributed by atoms with E-state index >= 15 is 0 Å². The molecule has 2 aromatic rings. The molecule has 1 amide bonds. The molecule has 136 valence electrons. The summed E-state index contributed by atoms with van der Waals surface area (Å²) in [5.41, 5.74) is -0.835. The molecular weight excluding hydrogens is 353 g/mol. The van der Waals surface area contributed by atoms with Crippen LogP contribution in [0.4, 0.5) is 18.9 Å². The van der Waals surface area contributed by atoms with Crippen LogP contribution in [0.15, 0.2) is 24.3 Å². The molecule has 1 aromatic carbocycles. The van der Waals surface area contributed by atoms with E-state index in [2.05, 4.69) is 10.3 Å². The number of aromatic nitrogens is 1. The van der Waals surface area contributed by atoms with E-state index in [1.807, 2.05) is 0 Å². The first-order chi connectivity index (χ1) is 12.2. The lowest BCUT2D eigenvalue weighted by atomic mass is 10.1. The Kier molecular flexibility index (Phi) is 4.31. The number of ether oxygens (including phenoxy) is 2. The highest BCUT2D eigenvalue weighted by Crippen LogP contribution is 2.37. The molecule has 0 saturated carbocycles. The number of alkyl halides is 3. The van der Waals surface area contributed by atoms with Gasteiger partial charge in [-0.1, -0.05) is 0 Å². The number of halogens is 3. The van der Waals surface area contributed by atoms with Crippen LogP contribution in [0.1, 0.15) is 39.0 Å². The zero-order valence-corrected chi connectivity index (χ0v) is 13.7. The Labute approximate surface area is 145 Å². The molecule has 6 nitrogen and oxygen atoms in total. The summed E-state index contributed by atoms with van der Waals surface area (Å²) in [6, 6.07) is 4.65. The van der Waals surface area contributed by atoms with Crippen molar-refractivity contribution in [1.29, 1.82) is 0 Å². The van der Waals surface area contributed by atoms with Crippen LogP contribution in [0.3, 0.4) is 0 Å². The summed E-state index contributed by atoms with van der Waals surface area (Å²) in [6.45, 7) is 2.61. The topological polar surface area (TPSA) is 77.5 Å². The van der Waals surface area contributed by atoms with E-state index in [0.29, 0.717) is 11.5 Å². The first-order valence-corrected chi connectivity index (χ1v) is 7.47. The molecule has 1 aliphatic rings. The van der Waals surface area contributed by atoms with E-state index in [1.165, 1.54) is 26.0 Å². The highest BCUT2D eigenvalue weighted by Gasteiger charge is 2.33. The second-order valence-electron chi connectivity index (χ2n) is 5.59. The average Bonchev–Trinajstić information content (AvgIpc) is 3.00. The SMILES string of the molecule is CC(=O)c1cc2c(cc1NC(=O)c1ccc(C(F)(F)F)nc1C)OCO2. The van der Waals surface area contributed by atoms with Gasteiger partial charge in [-0.2, -0.15) is 13.2 Å². The number of fused-ring (bicyclic) bond motifs is 1. The molecule has 26 heavy (non-hydrogen) atoms. The smallest absolute Gasteiger partial charge is 0.433 e. The lowest BCUT2D eigenvalue weighted by molar-refractivity contribution is -0.141. The molecule has 0 atom stereocenters. The minimum Gasteiger partial charge on any atom is -0.454 e. The summed E-state index contributed by atoms with van der Waals surface area (Å²) in [6.07, 6.45) is -4.60. The van der Waals surface area contributed by atoms with Crippen molar-refractivity contribution in [3.8, 4) is 11.5 Å². The van der Waals surface area contributed by atoms with E-state index in [9.17, 15) is 22.8 Å². The first kappa shape index (κ1) is 17.7. The number of aryl methyl sites for hydroxylation is 1. The number of pyridine rings is 1. The van der Waals surface area contributed by atoms with Crippen LogP contribution >= 0.6 is 0 Å². The molecule has 0 spiro atoms. The molecule has 0 radical (unpaired) electrons. The Morgan fingerprint density at radius 2 is 1.77 bits per heavy atom. The van der Waals surface area contributed by atoms with Crippen molar-refractivity contribution in [3.63, 3.8) is 0 Å². The van der Waals surface area contributed by atoms with Crippen molar-refractivity contribution >= 4 is 17.4 Å². The number of carbonyl (C=O) groups is 2. The van der Waals surface area contributed by atoms with E-state index in [-0.39, 0.29) is 35.1 Å². The Morgan fingerprint density at radius 3 is 2.35 bits per heavy atom. The number of benzene rings is 1. The van der Waals surface area contributed by atoms with Crippen LogP contribution in [0.2, 0.25) is 0 Å². The number of carbonyl (C=O) groups excluding carboxylic acids is 2. The molecule has 1 aliphatic heterocycles. The van der Waals surface area contributed by atoms with Gasteiger partial charge in [0.1, 0.15) is 5.69 Å². The van der Waals surface area contributed by atoms with Crippen LogP contribution < -0.4 is 14.8 Å². The van der Waals surface area contributed by atoms with E-state index in [0.717, 1.165) is 12.1 Å². The molecule has 9 heteroatoms. The van der Waals surface area contributed by atoms with Gasteiger partial charge in [-0.25, -0.2) is 4.98 Å². The van der Waals surface area contributed by atoms with E-state index in [1.54, 1.807) is 0 Å². The largest absolute Gasteiger partial charge is 0.454 e. The third kappa shape index (κ3) is 3.32. The molecule has 1 aromatic heterocycles. The summed E-state index contributed by atoms with van der Waals surface area (Å²) < 4.78 is 48.5. The maximum atomic E-state index is 12.7.